The number of hydrogen-bond donors (Lipinski definition) is 2. The first-order valence-corrected chi connectivity index (χ1v) is 8.84. The molecule has 0 unspecified atom stereocenters. The number of hydrogen-bond acceptors (Lipinski definition) is 4. The van der Waals surface area contributed by atoms with Crippen LogP contribution in [0.4, 0.5) is 0 Å². The molecule has 0 aliphatic rings. The van der Waals surface area contributed by atoms with Crippen molar-refractivity contribution in [3.63, 3.8) is 0 Å². The highest BCUT2D eigenvalue weighted by Gasteiger charge is 2.08. The van der Waals surface area contributed by atoms with Crippen molar-refractivity contribution in [2.75, 3.05) is 6.54 Å². The minimum absolute atomic E-state index is 0.0996. The summed E-state index contributed by atoms with van der Waals surface area (Å²) in [7, 11) is 0. The Morgan fingerprint density at radius 2 is 1.96 bits per heavy atom. The molecule has 2 N–H and O–H groups in total. The number of carbonyl (C=O) groups is 2. The van der Waals surface area contributed by atoms with E-state index in [0.717, 1.165) is 23.7 Å². The number of hydrazone groups is 1. The number of carbonyl (C=O) groups excluding carboxylic acids is 2. The first-order chi connectivity index (χ1) is 12.2. The van der Waals surface area contributed by atoms with E-state index in [-0.39, 0.29) is 11.8 Å². The van der Waals surface area contributed by atoms with Crippen molar-refractivity contribution in [2.45, 2.75) is 25.7 Å². The third-order valence-electron chi connectivity index (χ3n) is 3.41. The molecule has 7 heteroatoms. The van der Waals surface area contributed by atoms with Crippen LogP contribution < -0.4 is 10.7 Å². The van der Waals surface area contributed by atoms with Crippen molar-refractivity contribution < 1.29 is 14.0 Å². The molecular weight excluding hydrogens is 386 g/mol. The van der Waals surface area contributed by atoms with Gasteiger partial charge in [-0.05, 0) is 53.0 Å². The van der Waals surface area contributed by atoms with E-state index in [0.29, 0.717) is 24.3 Å². The molecule has 1 heterocycles. The Morgan fingerprint density at radius 3 is 2.72 bits per heavy atom. The Morgan fingerprint density at radius 1 is 1.12 bits per heavy atom. The topological polar surface area (TPSA) is 83.7 Å². The fourth-order valence-electron chi connectivity index (χ4n) is 2.12. The van der Waals surface area contributed by atoms with Gasteiger partial charge >= 0.3 is 0 Å². The molecule has 0 bridgehead atoms. The van der Waals surface area contributed by atoms with Crippen molar-refractivity contribution in [1.82, 2.24) is 10.7 Å². The number of benzene rings is 1. The lowest BCUT2D eigenvalue weighted by Crippen LogP contribution is -2.24. The van der Waals surface area contributed by atoms with Crippen LogP contribution in [0.25, 0.3) is 0 Å². The van der Waals surface area contributed by atoms with Crippen LogP contribution in [0.2, 0.25) is 0 Å². The zero-order valence-electron chi connectivity index (χ0n) is 13.7. The van der Waals surface area contributed by atoms with Gasteiger partial charge in [0.05, 0.1) is 18.0 Å². The largest absolute Gasteiger partial charge is 0.463 e. The molecule has 2 amide bonds. The highest BCUT2D eigenvalue weighted by atomic mass is 79.9. The van der Waals surface area contributed by atoms with Crippen molar-refractivity contribution >= 4 is 34.0 Å². The summed E-state index contributed by atoms with van der Waals surface area (Å²) < 4.78 is 5.84. The Bertz CT molecular complexity index is 714. The molecule has 1 aromatic heterocycles. The molecule has 25 heavy (non-hydrogen) atoms. The molecule has 0 aliphatic carbocycles. The van der Waals surface area contributed by atoms with E-state index < -0.39 is 0 Å². The molecule has 132 valence electrons. The molecule has 0 radical (unpaired) electrons. The summed E-state index contributed by atoms with van der Waals surface area (Å²) in [6.45, 7) is 0.582. The van der Waals surface area contributed by atoms with Gasteiger partial charge in [-0.1, -0.05) is 18.6 Å². The maximum Gasteiger partial charge on any atom is 0.252 e. The Labute approximate surface area is 154 Å². The quantitative estimate of drug-likeness (QED) is 0.380. The summed E-state index contributed by atoms with van der Waals surface area (Å²) >= 11 is 3.36. The second-order valence-electron chi connectivity index (χ2n) is 5.36. The average molecular weight is 406 g/mol. The van der Waals surface area contributed by atoms with Crippen LogP contribution in [0.15, 0.2) is 56.7 Å². The molecule has 0 atom stereocenters. The lowest BCUT2D eigenvalue weighted by molar-refractivity contribution is -0.121. The summed E-state index contributed by atoms with van der Waals surface area (Å²) in [5.74, 6) is 0.346. The van der Waals surface area contributed by atoms with E-state index in [1.807, 2.05) is 18.2 Å². The van der Waals surface area contributed by atoms with Gasteiger partial charge in [-0.2, -0.15) is 5.10 Å². The molecule has 2 aromatic rings. The van der Waals surface area contributed by atoms with Gasteiger partial charge in [-0.25, -0.2) is 5.43 Å². The highest BCUT2D eigenvalue weighted by molar-refractivity contribution is 9.10. The van der Waals surface area contributed by atoms with E-state index in [1.165, 1.54) is 6.21 Å². The van der Waals surface area contributed by atoms with Gasteiger partial charge in [0.2, 0.25) is 5.91 Å². The Balaban J connectivity index is 1.53. The van der Waals surface area contributed by atoms with E-state index in [9.17, 15) is 9.59 Å². The van der Waals surface area contributed by atoms with Crippen LogP contribution in [0, 0.1) is 0 Å². The summed E-state index contributed by atoms with van der Waals surface area (Å²) in [5.41, 5.74) is 3.07. The zero-order chi connectivity index (χ0) is 17.9. The standard InChI is InChI=1S/C18H20BrN3O3/c19-16-9-4-3-8-15(16)18(24)20-11-5-1-2-10-17(23)22-21-13-14-7-6-12-25-14/h3-4,6-9,12-13H,1-2,5,10-11H2,(H,20,24)(H,22,23). The molecule has 1 aromatic carbocycles. The fraction of sp³-hybridized carbons (Fsp3) is 0.278. The number of nitrogens with zero attached hydrogens (tertiary/aromatic N) is 1. The van der Waals surface area contributed by atoms with Crippen LogP contribution in [-0.4, -0.2) is 24.6 Å². The van der Waals surface area contributed by atoms with E-state index in [4.69, 9.17) is 4.42 Å². The summed E-state index contributed by atoms with van der Waals surface area (Å²) in [5, 5.41) is 6.69. The van der Waals surface area contributed by atoms with Gasteiger partial charge in [0.1, 0.15) is 5.76 Å². The monoisotopic (exact) mass is 405 g/mol. The molecule has 6 nitrogen and oxygen atoms in total. The van der Waals surface area contributed by atoms with E-state index >= 15 is 0 Å². The minimum atomic E-state index is -0.139. The predicted molar refractivity (Wildman–Crippen MR) is 99.4 cm³/mol. The molecule has 0 saturated carbocycles. The van der Waals surface area contributed by atoms with Crippen LogP contribution in [-0.2, 0) is 4.79 Å². The van der Waals surface area contributed by atoms with Gasteiger partial charge in [-0.3, -0.25) is 9.59 Å². The number of furan rings is 1. The van der Waals surface area contributed by atoms with Crippen molar-refractivity contribution in [3.05, 3.63) is 58.5 Å². The Kier molecular flexibility index (Phi) is 7.91. The minimum Gasteiger partial charge on any atom is -0.463 e. The summed E-state index contributed by atoms with van der Waals surface area (Å²) in [4.78, 5) is 23.6. The molecule has 2 rings (SSSR count). The van der Waals surface area contributed by atoms with Crippen LogP contribution >= 0.6 is 15.9 Å². The second kappa shape index (κ2) is 10.5. The Hall–Kier alpha value is -2.41. The van der Waals surface area contributed by atoms with E-state index in [1.54, 1.807) is 24.5 Å². The first kappa shape index (κ1) is 18.9. The van der Waals surface area contributed by atoms with Crippen LogP contribution in [0.1, 0.15) is 41.8 Å². The second-order valence-corrected chi connectivity index (χ2v) is 6.21. The molecule has 0 fully saturated rings. The zero-order valence-corrected chi connectivity index (χ0v) is 15.3. The maximum absolute atomic E-state index is 12.0. The van der Waals surface area contributed by atoms with Gasteiger partial charge in [0.15, 0.2) is 0 Å². The SMILES string of the molecule is O=C(CCCCCNC(=O)c1ccccc1Br)NN=Cc1ccco1. The fourth-order valence-corrected chi connectivity index (χ4v) is 2.58. The van der Waals surface area contributed by atoms with Crippen molar-refractivity contribution in [2.24, 2.45) is 5.10 Å². The number of nitrogens with one attached hydrogen (secondary N) is 2. The first-order valence-electron chi connectivity index (χ1n) is 8.05. The number of rotatable bonds is 9. The molecule has 0 spiro atoms. The van der Waals surface area contributed by atoms with Gasteiger partial charge in [0, 0.05) is 17.4 Å². The van der Waals surface area contributed by atoms with E-state index in [2.05, 4.69) is 31.8 Å². The predicted octanol–water partition coefficient (Wildman–Crippen LogP) is 3.48. The third-order valence-corrected chi connectivity index (χ3v) is 4.10. The molecule has 0 saturated heterocycles. The van der Waals surface area contributed by atoms with Gasteiger partial charge in [0.25, 0.3) is 5.91 Å². The van der Waals surface area contributed by atoms with Crippen LogP contribution in [0.5, 0.6) is 0 Å². The average Bonchev–Trinajstić information content (AvgIpc) is 3.11. The van der Waals surface area contributed by atoms with Gasteiger partial charge < -0.3 is 9.73 Å². The van der Waals surface area contributed by atoms with Gasteiger partial charge in [-0.15, -0.1) is 0 Å². The lowest BCUT2D eigenvalue weighted by Gasteiger charge is -2.06. The summed E-state index contributed by atoms with van der Waals surface area (Å²) in [6.07, 6.45) is 5.80. The lowest BCUT2D eigenvalue weighted by atomic mass is 10.2. The van der Waals surface area contributed by atoms with Crippen molar-refractivity contribution in [3.8, 4) is 0 Å². The third kappa shape index (κ3) is 6.93. The normalized spacial score (nSPS) is 10.8. The summed E-state index contributed by atoms with van der Waals surface area (Å²) in [6, 6.07) is 10.8. The van der Waals surface area contributed by atoms with Crippen molar-refractivity contribution in [1.29, 1.82) is 0 Å². The molecular formula is C18H20BrN3O3. The molecule has 0 aliphatic heterocycles. The number of amides is 2. The highest BCUT2D eigenvalue weighted by Crippen LogP contribution is 2.15. The smallest absolute Gasteiger partial charge is 0.252 e. The maximum atomic E-state index is 12.0. The number of halogens is 1. The number of unbranched alkanes of at least 4 members (excludes halogenated alkanes) is 2. The van der Waals surface area contributed by atoms with Crippen LogP contribution in [0.3, 0.4) is 0 Å².